The molecule has 8 heteroatoms. The number of hydrogen-bond acceptors (Lipinski definition) is 4. The van der Waals surface area contributed by atoms with Crippen LogP contribution in [-0.4, -0.2) is 36.5 Å². The molecule has 0 radical (unpaired) electrons. The van der Waals surface area contributed by atoms with Crippen LogP contribution in [0.2, 0.25) is 0 Å². The molecule has 28 heavy (non-hydrogen) atoms. The highest BCUT2D eigenvalue weighted by Gasteiger charge is 2.32. The number of hydrogen-bond donors (Lipinski definition) is 2. The van der Waals surface area contributed by atoms with Crippen LogP contribution in [0.3, 0.4) is 0 Å². The first-order chi connectivity index (χ1) is 13.5. The number of nitrogen functional groups attached to an aromatic ring is 1. The number of nitrogens with two attached hydrogens (primary N) is 1. The van der Waals surface area contributed by atoms with E-state index >= 15 is 0 Å². The Kier molecular flexibility index (Phi) is 5.21. The fraction of sp³-hybridized carbons (Fsp3) is 0.350. The maximum Gasteiger partial charge on any atom is 0.407 e. The summed E-state index contributed by atoms with van der Waals surface area (Å²) in [5.41, 5.74) is 7.78. The minimum atomic E-state index is -0.878. The number of carbonyl (C=O) groups is 1. The average molecular weight is 444 g/mol. The van der Waals surface area contributed by atoms with Gasteiger partial charge in [-0.05, 0) is 40.8 Å². The molecule has 0 spiro atoms. The number of benzene rings is 1. The Labute approximate surface area is 171 Å². The first-order valence-corrected chi connectivity index (χ1v) is 10.2. The summed E-state index contributed by atoms with van der Waals surface area (Å²) in [5.74, 6) is 1.50. The molecule has 7 nitrogen and oxygen atoms in total. The molecule has 1 aromatic carbocycles. The summed E-state index contributed by atoms with van der Waals surface area (Å²) in [6, 6.07) is 9.70. The van der Waals surface area contributed by atoms with Gasteiger partial charge < -0.3 is 15.7 Å². The van der Waals surface area contributed by atoms with Crippen LogP contribution >= 0.6 is 15.9 Å². The number of amides is 1. The van der Waals surface area contributed by atoms with Crippen molar-refractivity contribution in [1.82, 2.24) is 19.3 Å². The van der Waals surface area contributed by atoms with Gasteiger partial charge in [-0.15, -0.1) is 0 Å². The Balaban J connectivity index is 1.60. The molecule has 4 rings (SSSR count). The topological polar surface area (TPSA) is 96.8 Å². The van der Waals surface area contributed by atoms with Gasteiger partial charge in [0.1, 0.15) is 15.9 Å². The maximum atomic E-state index is 12.0. The van der Waals surface area contributed by atoms with Crippen LogP contribution in [0.4, 0.5) is 10.6 Å². The van der Waals surface area contributed by atoms with Gasteiger partial charge in [-0.3, -0.25) is 4.40 Å². The highest BCUT2D eigenvalue weighted by molar-refractivity contribution is 9.10. The second-order valence-corrected chi connectivity index (χ2v) is 7.96. The van der Waals surface area contributed by atoms with Gasteiger partial charge in [0.25, 0.3) is 0 Å². The lowest BCUT2D eigenvalue weighted by Gasteiger charge is -2.35. The Hall–Kier alpha value is -2.61. The van der Waals surface area contributed by atoms with E-state index in [1.807, 2.05) is 40.9 Å². The normalized spacial score (nSPS) is 19.6. The lowest BCUT2D eigenvalue weighted by Crippen LogP contribution is -2.41. The molecule has 1 saturated carbocycles. The van der Waals surface area contributed by atoms with Crippen LogP contribution in [0.15, 0.2) is 47.3 Å². The first kappa shape index (κ1) is 18.7. The third kappa shape index (κ3) is 3.56. The van der Waals surface area contributed by atoms with Crippen LogP contribution in [-0.2, 0) is 6.54 Å². The molecule has 2 aromatic heterocycles. The Morgan fingerprint density at radius 2 is 2.11 bits per heavy atom. The minimum Gasteiger partial charge on any atom is -0.465 e. The summed E-state index contributed by atoms with van der Waals surface area (Å²) >= 11 is 3.49. The number of nitrogens with zero attached hydrogens (tertiary/aromatic N) is 4. The van der Waals surface area contributed by atoms with Crippen molar-refractivity contribution < 1.29 is 9.90 Å². The standard InChI is InChI=1S/C20H22BrN5O2/c21-17-16-18(22)23-9-10-25(16)19(24-17)14-7-4-8-15(11-14)26(20(27)28)12-13-5-2-1-3-6-13/h1-3,5-6,9-10,14-15H,4,7-8,11-12H2,(H2,22,23)(H,27,28)/t14-,15-/m1/s1. The van der Waals surface area contributed by atoms with E-state index in [4.69, 9.17) is 10.7 Å². The summed E-state index contributed by atoms with van der Waals surface area (Å²) < 4.78 is 2.65. The van der Waals surface area contributed by atoms with E-state index in [0.717, 1.165) is 42.6 Å². The molecule has 3 aromatic rings. The summed E-state index contributed by atoms with van der Waals surface area (Å²) in [5, 5.41) is 9.83. The molecule has 3 N–H and O–H groups in total. The molecule has 1 fully saturated rings. The van der Waals surface area contributed by atoms with Gasteiger partial charge in [0.05, 0.1) is 0 Å². The fourth-order valence-corrected chi connectivity index (χ4v) is 4.72. The molecular formula is C20H22BrN5O2. The third-order valence-electron chi connectivity index (χ3n) is 5.46. The SMILES string of the molecule is Nc1nccn2c([C@@H]3CCC[C@@H](N(Cc4ccccc4)C(=O)O)C3)nc(Br)c12. The minimum absolute atomic E-state index is 0.0400. The predicted octanol–water partition coefficient (Wildman–Crippen LogP) is 4.28. The molecule has 1 aliphatic carbocycles. The van der Waals surface area contributed by atoms with Crippen LogP contribution < -0.4 is 5.73 Å². The maximum absolute atomic E-state index is 12.0. The molecule has 146 valence electrons. The predicted molar refractivity (Wildman–Crippen MR) is 110 cm³/mol. The second kappa shape index (κ2) is 7.79. The zero-order valence-corrected chi connectivity index (χ0v) is 16.9. The third-order valence-corrected chi connectivity index (χ3v) is 6.01. The molecule has 1 aliphatic rings. The highest BCUT2D eigenvalue weighted by atomic mass is 79.9. The van der Waals surface area contributed by atoms with Crippen molar-refractivity contribution in [2.45, 2.75) is 44.2 Å². The molecule has 2 atom stereocenters. The van der Waals surface area contributed by atoms with Crippen LogP contribution in [0.25, 0.3) is 5.52 Å². The van der Waals surface area contributed by atoms with E-state index in [-0.39, 0.29) is 12.0 Å². The monoisotopic (exact) mass is 443 g/mol. The number of carboxylic acid groups (broad SMARTS) is 1. The van der Waals surface area contributed by atoms with Crippen molar-refractivity contribution in [2.75, 3.05) is 5.73 Å². The van der Waals surface area contributed by atoms with Gasteiger partial charge in [-0.25, -0.2) is 14.8 Å². The number of aromatic nitrogens is 3. The van der Waals surface area contributed by atoms with Gasteiger partial charge in [-0.2, -0.15) is 0 Å². The number of fused-ring (bicyclic) bond motifs is 1. The second-order valence-electron chi connectivity index (χ2n) is 7.21. The van der Waals surface area contributed by atoms with Crippen molar-refractivity contribution in [2.24, 2.45) is 0 Å². The summed E-state index contributed by atoms with van der Waals surface area (Å²) in [6.07, 6.45) is 6.19. The summed E-state index contributed by atoms with van der Waals surface area (Å²) in [6.45, 7) is 0.399. The van der Waals surface area contributed by atoms with Gasteiger partial charge in [-0.1, -0.05) is 36.8 Å². The molecule has 0 aliphatic heterocycles. The zero-order valence-electron chi connectivity index (χ0n) is 15.3. The Morgan fingerprint density at radius 1 is 1.32 bits per heavy atom. The number of imidazole rings is 1. The summed E-state index contributed by atoms with van der Waals surface area (Å²) in [7, 11) is 0. The number of rotatable bonds is 4. The number of halogens is 1. The first-order valence-electron chi connectivity index (χ1n) is 9.36. The van der Waals surface area contributed by atoms with Crippen molar-refractivity contribution in [1.29, 1.82) is 0 Å². The molecule has 0 bridgehead atoms. The van der Waals surface area contributed by atoms with Crippen molar-refractivity contribution in [3.8, 4) is 0 Å². The van der Waals surface area contributed by atoms with Gasteiger partial charge >= 0.3 is 6.09 Å². The largest absolute Gasteiger partial charge is 0.465 e. The quantitative estimate of drug-likeness (QED) is 0.626. The highest BCUT2D eigenvalue weighted by Crippen LogP contribution is 2.37. The fourth-order valence-electron chi connectivity index (χ4n) is 4.15. The van der Waals surface area contributed by atoms with Crippen LogP contribution in [0.5, 0.6) is 0 Å². The van der Waals surface area contributed by atoms with Crippen molar-refractivity contribution in [3.63, 3.8) is 0 Å². The molecule has 2 heterocycles. The van der Waals surface area contributed by atoms with E-state index in [1.165, 1.54) is 0 Å². The lowest BCUT2D eigenvalue weighted by molar-refractivity contribution is 0.102. The van der Waals surface area contributed by atoms with Gasteiger partial charge in [0.15, 0.2) is 5.82 Å². The van der Waals surface area contributed by atoms with Crippen LogP contribution in [0, 0.1) is 0 Å². The molecule has 0 saturated heterocycles. The van der Waals surface area contributed by atoms with Gasteiger partial charge in [0.2, 0.25) is 0 Å². The molecule has 0 unspecified atom stereocenters. The lowest BCUT2D eigenvalue weighted by atomic mass is 9.84. The van der Waals surface area contributed by atoms with E-state index in [1.54, 1.807) is 11.1 Å². The Bertz CT molecular complexity index is 991. The zero-order chi connectivity index (χ0) is 19.7. The Morgan fingerprint density at radius 3 is 2.86 bits per heavy atom. The van der Waals surface area contributed by atoms with E-state index in [0.29, 0.717) is 17.0 Å². The van der Waals surface area contributed by atoms with Crippen molar-refractivity contribution in [3.05, 3.63) is 58.7 Å². The average Bonchev–Trinajstić information content (AvgIpc) is 3.05. The van der Waals surface area contributed by atoms with Crippen molar-refractivity contribution >= 4 is 33.4 Å². The molecule has 1 amide bonds. The van der Waals surface area contributed by atoms with E-state index in [2.05, 4.69) is 20.9 Å². The molecular weight excluding hydrogens is 422 g/mol. The smallest absolute Gasteiger partial charge is 0.407 e. The van der Waals surface area contributed by atoms with Gasteiger partial charge in [0, 0.05) is 30.9 Å². The van der Waals surface area contributed by atoms with E-state index < -0.39 is 6.09 Å². The summed E-state index contributed by atoms with van der Waals surface area (Å²) in [4.78, 5) is 22.4. The number of anilines is 1. The van der Waals surface area contributed by atoms with Crippen LogP contribution in [0.1, 0.15) is 43.0 Å². The van der Waals surface area contributed by atoms with E-state index in [9.17, 15) is 9.90 Å².